The first-order chi connectivity index (χ1) is 12.2. The van der Waals surface area contributed by atoms with E-state index in [1.807, 2.05) is 0 Å². The van der Waals surface area contributed by atoms with Gasteiger partial charge < -0.3 is 10.1 Å². The van der Waals surface area contributed by atoms with E-state index >= 15 is 0 Å². The third kappa shape index (κ3) is 4.74. The van der Waals surface area contributed by atoms with Crippen molar-refractivity contribution in [2.45, 2.75) is 24.7 Å². The van der Waals surface area contributed by atoms with E-state index in [4.69, 9.17) is 4.74 Å². The van der Waals surface area contributed by atoms with Crippen LogP contribution in [0.3, 0.4) is 0 Å². The molecule has 1 aromatic carbocycles. The molecule has 0 aromatic heterocycles. The van der Waals surface area contributed by atoms with Gasteiger partial charge in [-0.1, -0.05) is 6.92 Å². The second-order valence-corrected chi connectivity index (χ2v) is 10.3. The average Bonchev–Trinajstić information content (AvgIpc) is 3.16. The monoisotopic (exact) mass is 404 g/mol. The summed E-state index contributed by atoms with van der Waals surface area (Å²) in [5, 5.41) is 2.51. The molecule has 0 radical (unpaired) electrons. The summed E-state index contributed by atoms with van der Waals surface area (Å²) in [5.41, 5.74) is 0.137. The van der Waals surface area contributed by atoms with E-state index in [1.54, 1.807) is 0 Å². The summed E-state index contributed by atoms with van der Waals surface area (Å²) in [6.07, 6.45) is 1.60. The molecule has 0 saturated carbocycles. The summed E-state index contributed by atoms with van der Waals surface area (Å²) in [6.45, 7) is 2.39. The number of benzene rings is 1. The maximum atomic E-state index is 12.8. The molecule has 2 rings (SSSR count). The lowest BCUT2D eigenvalue weighted by atomic mass is 10.2. The number of sulfonamides is 1. The first kappa shape index (κ1) is 20.7. The van der Waals surface area contributed by atoms with Gasteiger partial charge in [0, 0.05) is 31.0 Å². The number of carbonyl (C=O) groups is 1. The SMILES string of the molecule is CCS(=O)(=O)CCNC(=O)c1ccc(OC)c(S(=O)(=O)N2CCCC2)c1. The van der Waals surface area contributed by atoms with E-state index in [9.17, 15) is 21.6 Å². The molecule has 0 aliphatic carbocycles. The van der Waals surface area contributed by atoms with E-state index in [2.05, 4.69) is 5.32 Å². The Hall–Kier alpha value is -1.65. The van der Waals surface area contributed by atoms with Crippen molar-refractivity contribution in [3.63, 3.8) is 0 Å². The highest BCUT2D eigenvalue weighted by molar-refractivity contribution is 7.91. The molecule has 0 spiro atoms. The number of ether oxygens (including phenoxy) is 1. The van der Waals surface area contributed by atoms with Gasteiger partial charge in [0.15, 0.2) is 9.84 Å². The fourth-order valence-electron chi connectivity index (χ4n) is 2.65. The van der Waals surface area contributed by atoms with E-state index in [-0.39, 0.29) is 34.3 Å². The van der Waals surface area contributed by atoms with Crippen molar-refractivity contribution in [1.82, 2.24) is 9.62 Å². The standard InChI is InChI=1S/C16H24N2O6S2/c1-3-25(20,21)11-8-17-16(19)13-6-7-14(24-2)15(12-13)26(22,23)18-9-4-5-10-18/h6-7,12H,3-5,8-11H2,1-2H3,(H,17,19). The van der Waals surface area contributed by atoms with E-state index in [0.717, 1.165) is 12.8 Å². The Kier molecular flexibility index (Phi) is 6.64. The fourth-order valence-corrected chi connectivity index (χ4v) is 5.05. The van der Waals surface area contributed by atoms with Crippen molar-refractivity contribution in [3.8, 4) is 5.75 Å². The van der Waals surface area contributed by atoms with Crippen LogP contribution in [0.5, 0.6) is 5.75 Å². The molecule has 1 amide bonds. The Labute approximate surface area is 154 Å². The van der Waals surface area contributed by atoms with Crippen LogP contribution in [0.15, 0.2) is 23.1 Å². The molecule has 8 nitrogen and oxygen atoms in total. The van der Waals surface area contributed by atoms with Gasteiger partial charge in [-0.05, 0) is 31.0 Å². The smallest absolute Gasteiger partial charge is 0.251 e. The molecule has 1 heterocycles. The number of rotatable bonds is 8. The van der Waals surface area contributed by atoms with Crippen LogP contribution < -0.4 is 10.1 Å². The van der Waals surface area contributed by atoms with Gasteiger partial charge in [-0.15, -0.1) is 0 Å². The molecule has 1 saturated heterocycles. The molecule has 146 valence electrons. The zero-order valence-corrected chi connectivity index (χ0v) is 16.5. The summed E-state index contributed by atoms with van der Waals surface area (Å²) in [4.78, 5) is 12.2. The number of nitrogens with zero attached hydrogens (tertiary/aromatic N) is 1. The molecule has 0 bridgehead atoms. The van der Waals surface area contributed by atoms with Crippen LogP contribution in [0.2, 0.25) is 0 Å². The van der Waals surface area contributed by atoms with Gasteiger partial charge in [0.2, 0.25) is 10.0 Å². The summed E-state index contributed by atoms with van der Waals surface area (Å²) in [5.74, 6) is -0.521. The van der Waals surface area contributed by atoms with Crippen LogP contribution in [-0.4, -0.2) is 65.3 Å². The molecule has 1 N–H and O–H groups in total. The summed E-state index contributed by atoms with van der Waals surface area (Å²) < 4.78 is 55.1. The van der Waals surface area contributed by atoms with Gasteiger partial charge in [0.05, 0.1) is 12.9 Å². The lowest BCUT2D eigenvalue weighted by molar-refractivity contribution is 0.0956. The van der Waals surface area contributed by atoms with Crippen LogP contribution in [0, 0.1) is 0 Å². The van der Waals surface area contributed by atoms with Gasteiger partial charge in [0.1, 0.15) is 10.6 Å². The minimum Gasteiger partial charge on any atom is -0.495 e. The van der Waals surface area contributed by atoms with Crippen molar-refractivity contribution in [1.29, 1.82) is 0 Å². The Bertz CT molecular complexity index is 859. The summed E-state index contributed by atoms with van der Waals surface area (Å²) in [6, 6.07) is 4.16. The number of methoxy groups -OCH3 is 1. The molecule has 10 heteroatoms. The quantitative estimate of drug-likeness (QED) is 0.681. The van der Waals surface area contributed by atoms with E-state index < -0.39 is 25.8 Å². The van der Waals surface area contributed by atoms with Gasteiger partial charge >= 0.3 is 0 Å². The lowest BCUT2D eigenvalue weighted by Gasteiger charge is -2.18. The van der Waals surface area contributed by atoms with Crippen LogP contribution >= 0.6 is 0 Å². The second kappa shape index (κ2) is 8.36. The number of carbonyl (C=O) groups excluding carboxylic acids is 1. The molecular weight excluding hydrogens is 380 g/mol. The first-order valence-corrected chi connectivity index (χ1v) is 11.6. The van der Waals surface area contributed by atoms with Crippen molar-refractivity contribution in [2.24, 2.45) is 0 Å². The van der Waals surface area contributed by atoms with Gasteiger partial charge in [-0.3, -0.25) is 4.79 Å². The highest BCUT2D eigenvalue weighted by atomic mass is 32.2. The average molecular weight is 405 g/mol. The van der Waals surface area contributed by atoms with Crippen molar-refractivity contribution in [2.75, 3.05) is 38.2 Å². The number of nitrogens with one attached hydrogen (secondary N) is 1. The molecule has 0 unspecified atom stereocenters. The molecule has 1 aromatic rings. The minimum absolute atomic E-state index is 0.00360. The van der Waals surface area contributed by atoms with Crippen molar-refractivity contribution < 1.29 is 26.4 Å². The molecule has 1 aliphatic rings. The molecule has 1 aliphatic heterocycles. The Morgan fingerprint density at radius 3 is 2.42 bits per heavy atom. The van der Waals surface area contributed by atoms with Crippen molar-refractivity contribution >= 4 is 25.8 Å². The Morgan fingerprint density at radius 2 is 1.85 bits per heavy atom. The fraction of sp³-hybridized carbons (Fsp3) is 0.562. The Balaban J connectivity index is 2.22. The van der Waals surface area contributed by atoms with Gasteiger partial charge in [-0.2, -0.15) is 4.31 Å². The maximum absolute atomic E-state index is 12.8. The summed E-state index contributed by atoms with van der Waals surface area (Å²) >= 11 is 0. The molecule has 0 atom stereocenters. The predicted molar refractivity (Wildman–Crippen MR) is 97.6 cm³/mol. The van der Waals surface area contributed by atoms with Crippen LogP contribution in [0.4, 0.5) is 0 Å². The number of hydrogen-bond donors (Lipinski definition) is 1. The van der Waals surface area contributed by atoms with Crippen molar-refractivity contribution in [3.05, 3.63) is 23.8 Å². The number of amides is 1. The summed E-state index contributed by atoms with van der Waals surface area (Å²) in [7, 11) is -5.57. The third-order valence-electron chi connectivity index (χ3n) is 4.25. The highest BCUT2D eigenvalue weighted by Crippen LogP contribution is 2.29. The van der Waals surface area contributed by atoms with Crippen LogP contribution in [0.1, 0.15) is 30.1 Å². The zero-order valence-electron chi connectivity index (χ0n) is 14.9. The Morgan fingerprint density at radius 1 is 1.19 bits per heavy atom. The largest absolute Gasteiger partial charge is 0.495 e. The zero-order chi connectivity index (χ0) is 19.4. The number of sulfone groups is 1. The molecule has 26 heavy (non-hydrogen) atoms. The topological polar surface area (TPSA) is 110 Å². The third-order valence-corrected chi connectivity index (χ3v) is 7.87. The first-order valence-electron chi connectivity index (χ1n) is 8.38. The normalized spacial score (nSPS) is 15.8. The number of hydrogen-bond acceptors (Lipinski definition) is 6. The van der Waals surface area contributed by atoms with E-state index in [0.29, 0.717) is 13.1 Å². The molecular formula is C16H24N2O6S2. The minimum atomic E-state index is -3.75. The van der Waals surface area contributed by atoms with Gasteiger partial charge in [-0.25, -0.2) is 16.8 Å². The molecule has 1 fully saturated rings. The maximum Gasteiger partial charge on any atom is 0.251 e. The van der Waals surface area contributed by atoms with Crippen LogP contribution in [-0.2, 0) is 19.9 Å². The lowest BCUT2D eigenvalue weighted by Crippen LogP contribution is -2.31. The highest BCUT2D eigenvalue weighted by Gasteiger charge is 2.30. The predicted octanol–water partition coefficient (Wildman–Crippen LogP) is 0.644. The van der Waals surface area contributed by atoms with E-state index in [1.165, 1.54) is 36.5 Å². The van der Waals surface area contributed by atoms with Crippen LogP contribution in [0.25, 0.3) is 0 Å². The second-order valence-electron chi connectivity index (χ2n) is 5.97. The van der Waals surface area contributed by atoms with Gasteiger partial charge in [0.25, 0.3) is 5.91 Å².